The van der Waals surface area contributed by atoms with Crippen LogP contribution in [0.1, 0.15) is 6.92 Å². The first-order chi connectivity index (χ1) is 7.88. The molecule has 1 aliphatic heterocycles. The van der Waals surface area contributed by atoms with Gasteiger partial charge in [0, 0.05) is 14.0 Å². The first-order valence-corrected chi connectivity index (χ1v) is 4.95. The molecule has 100 valence electrons. The Hall–Kier alpha value is -0.770. The number of carbonyl (C=O) groups is 1. The zero-order valence-electron chi connectivity index (χ0n) is 9.44. The molecule has 0 aliphatic carbocycles. The van der Waals surface area contributed by atoms with Crippen molar-refractivity contribution in [3.63, 3.8) is 0 Å². The number of hydrogen-bond donors (Lipinski definition) is 4. The Morgan fingerprint density at radius 1 is 1.35 bits per heavy atom. The molecule has 0 aromatic heterocycles. The Balaban J connectivity index is 2.99. The van der Waals surface area contributed by atoms with Gasteiger partial charge in [0.25, 0.3) is 0 Å². The van der Waals surface area contributed by atoms with Gasteiger partial charge in [-0.3, -0.25) is 4.79 Å². The average Bonchev–Trinajstić information content (AvgIpc) is 2.29. The van der Waals surface area contributed by atoms with Gasteiger partial charge in [-0.1, -0.05) is 0 Å². The summed E-state index contributed by atoms with van der Waals surface area (Å²) in [6.45, 7) is 0.416. The predicted molar refractivity (Wildman–Crippen MR) is 51.5 cm³/mol. The van der Waals surface area contributed by atoms with E-state index in [1.54, 1.807) is 0 Å². The highest BCUT2D eigenvalue weighted by atomic mass is 16.9. The van der Waals surface area contributed by atoms with Gasteiger partial charge < -0.3 is 34.6 Å². The molecular weight excluding hydrogens is 236 g/mol. The molecule has 5 atom stereocenters. The van der Waals surface area contributed by atoms with E-state index in [4.69, 9.17) is 14.6 Å². The van der Waals surface area contributed by atoms with Crippen LogP contribution in [0.4, 0.5) is 0 Å². The molecule has 8 heteroatoms. The van der Waals surface area contributed by atoms with Crippen molar-refractivity contribution >= 4 is 5.97 Å². The highest BCUT2D eigenvalue weighted by Gasteiger charge is 2.57. The molecule has 1 saturated heterocycles. The number of ether oxygens (including phenoxy) is 3. The second-order valence-corrected chi connectivity index (χ2v) is 3.67. The van der Waals surface area contributed by atoms with Crippen LogP contribution in [0.5, 0.6) is 0 Å². The molecule has 1 aliphatic rings. The van der Waals surface area contributed by atoms with Crippen molar-refractivity contribution in [2.75, 3.05) is 13.7 Å². The molecule has 0 amide bonds. The van der Waals surface area contributed by atoms with E-state index in [0.29, 0.717) is 0 Å². The molecule has 0 saturated carbocycles. The first kappa shape index (κ1) is 14.3. The lowest BCUT2D eigenvalue weighted by Crippen LogP contribution is -2.67. The van der Waals surface area contributed by atoms with Crippen LogP contribution >= 0.6 is 0 Å². The molecule has 1 rings (SSSR count). The Labute approximate surface area is 97.3 Å². The van der Waals surface area contributed by atoms with Gasteiger partial charge in [0.1, 0.15) is 18.3 Å². The van der Waals surface area contributed by atoms with E-state index in [1.165, 1.54) is 0 Å². The highest BCUT2D eigenvalue weighted by Crippen LogP contribution is 2.31. The van der Waals surface area contributed by atoms with Crippen LogP contribution in [0.15, 0.2) is 0 Å². The van der Waals surface area contributed by atoms with Crippen LogP contribution in [0, 0.1) is 0 Å². The number of aliphatic hydroxyl groups excluding tert-OH is 4. The minimum atomic E-state index is -2.24. The van der Waals surface area contributed by atoms with Gasteiger partial charge >= 0.3 is 11.9 Å². The smallest absolute Gasteiger partial charge is 0.359 e. The second kappa shape index (κ2) is 5.25. The molecule has 17 heavy (non-hydrogen) atoms. The van der Waals surface area contributed by atoms with Gasteiger partial charge in [0.15, 0.2) is 6.10 Å². The minimum absolute atomic E-state index is 0.642. The van der Waals surface area contributed by atoms with Crippen LogP contribution < -0.4 is 0 Å². The number of carbonyl (C=O) groups excluding carboxylic acids is 1. The summed E-state index contributed by atoms with van der Waals surface area (Å²) in [4.78, 5) is 10.9. The fourth-order valence-corrected chi connectivity index (χ4v) is 1.61. The summed E-state index contributed by atoms with van der Waals surface area (Å²) in [5, 5.41) is 37.7. The predicted octanol–water partition coefficient (Wildman–Crippen LogP) is -2.68. The van der Waals surface area contributed by atoms with Gasteiger partial charge in [-0.25, -0.2) is 0 Å². The summed E-state index contributed by atoms with van der Waals surface area (Å²) >= 11 is 0. The molecule has 8 nitrogen and oxygen atoms in total. The number of hydrogen-bond acceptors (Lipinski definition) is 8. The number of esters is 1. The van der Waals surface area contributed by atoms with E-state index in [-0.39, 0.29) is 0 Å². The van der Waals surface area contributed by atoms with Crippen molar-refractivity contribution < 1.29 is 39.4 Å². The Morgan fingerprint density at radius 3 is 2.35 bits per heavy atom. The molecule has 0 radical (unpaired) electrons. The lowest BCUT2D eigenvalue weighted by Gasteiger charge is -2.45. The van der Waals surface area contributed by atoms with E-state index in [0.717, 1.165) is 14.0 Å². The third kappa shape index (κ3) is 2.57. The Morgan fingerprint density at radius 2 is 1.94 bits per heavy atom. The van der Waals surface area contributed by atoms with E-state index in [2.05, 4.69) is 4.74 Å². The maximum absolute atomic E-state index is 10.9. The third-order valence-corrected chi connectivity index (χ3v) is 2.48. The van der Waals surface area contributed by atoms with Crippen LogP contribution in [-0.4, -0.2) is 70.5 Å². The van der Waals surface area contributed by atoms with Gasteiger partial charge in [-0.2, -0.15) is 0 Å². The normalized spacial score (nSPS) is 42.2. The van der Waals surface area contributed by atoms with Gasteiger partial charge in [0.05, 0.1) is 6.61 Å². The topological polar surface area (TPSA) is 126 Å². The molecule has 1 fully saturated rings. The molecular formula is C9H16O8. The summed E-state index contributed by atoms with van der Waals surface area (Å²) in [6.07, 6.45) is -6.24. The average molecular weight is 252 g/mol. The summed E-state index contributed by atoms with van der Waals surface area (Å²) in [6, 6.07) is 0. The molecule has 0 unspecified atom stereocenters. The molecule has 0 bridgehead atoms. The van der Waals surface area contributed by atoms with Crippen molar-refractivity contribution in [2.24, 2.45) is 0 Å². The van der Waals surface area contributed by atoms with E-state index >= 15 is 0 Å². The molecule has 1 heterocycles. The van der Waals surface area contributed by atoms with Crippen molar-refractivity contribution in [3.05, 3.63) is 0 Å². The molecule has 0 aromatic rings. The van der Waals surface area contributed by atoms with E-state index in [1.807, 2.05) is 0 Å². The minimum Gasteiger partial charge on any atom is -0.406 e. The summed E-state index contributed by atoms with van der Waals surface area (Å²) < 4.78 is 14.4. The van der Waals surface area contributed by atoms with Gasteiger partial charge in [-0.05, 0) is 0 Å². The van der Waals surface area contributed by atoms with Crippen LogP contribution in [0.2, 0.25) is 0 Å². The Bertz CT molecular complexity index is 280. The lowest BCUT2D eigenvalue weighted by molar-refractivity contribution is -0.441. The third-order valence-electron chi connectivity index (χ3n) is 2.48. The number of methoxy groups -OCH3 is 1. The second-order valence-electron chi connectivity index (χ2n) is 3.67. The Kier molecular flexibility index (Phi) is 4.42. The number of aliphatic hydroxyl groups is 4. The van der Waals surface area contributed by atoms with Gasteiger partial charge in [-0.15, -0.1) is 0 Å². The van der Waals surface area contributed by atoms with E-state index in [9.17, 15) is 20.1 Å². The quantitative estimate of drug-likeness (QED) is 0.316. The molecule has 0 spiro atoms. The zero-order valence-corrected chi connectivity index (χ0v) is 9.44. The number of rotatable bonds is 3. The molecule has 4 N–H and O–H groups in total. The van der Waals surface area contributed by atoms with Crippen LogP contribution in [0.25, 0.3) is 0 Å². The summed E-state index contributed by atoms with van der Waals surface area (Å²) in [5.74, 6) is -3.05. The SMILES string of the molecule is CO[C@]1(OC(C)=O)O[C@H](CO)[C@H](O)[C@H](O)[C@H]1O. The molecule has 0 aromatic carbocycles. The first-order valence-electron chi connectivity index (χ1n) is 4.95. The maximum Gasteiger partial charge on any atom is 0.359 e. The van der Waals surface area contributed by atoms with Crippen LogP contribution in [-0.2, 0) is 19.0 Å². The standard InChI is InChI=1S/C9H16O8/c1-4(11)16-9(15-2)8(14)7(13)6(12)5(3-10)17-9/h5-8,10,12-14H,3H2,1-2H3/t5-,6+,7+,8-,9-/m1/s1. The summed E-state index contributed by atoms with van der Waals surface area (Å²) in [7, 11) is 1.09. The fourth-order valence-electron chi connectivity index (χ4n) is 1.61. The summed E-state index contributed by atoms with van der Waals surface area (Å²) in [5.41, 5.74) is 0. The lowest BCUT2D eigenvalue weighted by atomic mass is 9.98. The highest BCUT2D eigenvalue weighted by molar-refractivity contribution is 5.66. The van der Waals surface area contributed by atoms with Crippen molar-refractivity contribution in [1.82, 2.24) is 0 Å². The largest absolute Gasteiger partial charge is 0.406 e. The van der Waals surface area contributed by atoms with Crippen molar-refractivity contribution in [2.45, 2.75) is 37.3 Å². The zero-order chi connectivity index (χ0) is 13.2. The monoisotopic (exact) mass is 252 g/mol. The van der Waals surface area contributed by atoms with E-state index < -0.39 is 43.0 Å². The van der Waals surface area contributed by atoms with Gasteiger partial charge in [0.2, 0.25) is 0 Å². The van der Waals surface area contributed by atoms with Crippen molar-refractivity contribution in [1.29, 1.82) is 0 Å². The van der Waals surface area contributed by atoms with Crippen molar-refractivity contribution in [3.8, 4) is 0 Å². The fraction of sp³-hybridized carbons (Fsp3) is 0.889. The maximum atomic E-state index is 10.9. The van der Waals surface area contributed by atoms with Crippen LogP contribution in [0.3, 0.4) is 0 Å².